The summed E-state index contributed by atoms with van der Waals surface area (Å²) in [4.78, 5) is 109. The van der Waals surface area contributed by atoms with Crippen LogP contribution in [0.25, 0.3) is 0 Å². The van der Waals surface area contributed by atoms with Crippen molar-refractivity contribution in [1.82, 2.24) is 20.4 Å². The average Bonchev–Trinajstić information content (AvgIpc) is 3.52. The van der Waals surface area contributed by atoms with E-state index in [0.717, 1.165) is 9.80 Å². The van der Waals surface area contributed by atoms with Crippen LogP contribution in [-0.4, -0.2) is 92.7 Å². The minimum absolute atomic E-state index is 0. The van der Waals surface area contributed by atoms with Gasteiger partial charge in [0.05, 0.1) is 27.6 Å². The molecule has 0 aliphatic carbocycles. The third kappa shape index (κ3) is 11.5. The summed E-state index contributed by atoms with van der Waals surface area (Å²) in [6.45, 7) is -0.226. The van der Waals surface area contributed by atoms with Crippen molar-refractivity contribution >= 4 is 69.7 Å². The molecule has 17 nitrogen and oxygen atoms in total. The molecule has 3 N–H and O–H groups in total. The maximum Gasteiger partial charge on any atom is 1.00 e. The minimum Gasteiger partial charge on any atom is -1.00 e. The van der Waals surface area contributed by atoms with E-state index in [1.165, 1.54) is 30.3 Å². The molecule has 2 aromatic rings. The summed E-state index contributed by atoms with van der Waals surface area (Å²) in [6.07, 6.45) is 10.2. The summed E-state index contributed by atoms with van der Waals surface area (Å²) in [6, 6.07) is 6.76. The molecule has 53 heavy (non-hydrogen) atoms. The molecule has 4 heterocycles. The molecule has 2 unspecified atom stereocenters. The number of alkyl halides is 1. The zero-order chi connectivity index (χ0) is 37.8. The first-order valence-corrected chi connectivity index (χ1v) is 15.7. The molecule has 0 aromatic heterocycles. The number of amides is 8. The van der Waals surface area contributed by atoms with Gasteiger partial charge in [-0.05, 0) is 37.1 Å². The number of benzene rings is 2. The Bertz CT molecular complexity index is 1900. The van der Waals surface area contributed by atoms with E-state index in [1.807, 2.05) is 0 Å². The predicted molar refractivity (Wildman–Crippen MR) is 173 cm³/mol. The molecule has 266 valence electrons. The Labute approximate surface area is 396 Å². The van der Waals surface area contributed by atoms with Gasteiger partial charge in [0.2, 0.25) is 23.6 Å². The van der Waals surface area contributed by atoms with E-state index in [2.05, 4.69) is 43.3 Å². The second-order valence-corrected chi connectivity index (χ2v) is 10.9. The largest absolute Gasteiger partial charge is 1.00 e. The van der Waals surface area contributed by atoms with Crippen molar-refractivity contribution in [3.8, 4) is 36.2 Å². The van der Waals surface area contributed by atoms with Gasteiger partial charge in [-0.25, -0.2) is 0 Å². The van der Waals surface area contributed by atoms with Gasteiger partial charge in [0.1, 0.15) is 30.2 Å². The molecule has 0 saturated carbocycles. The molecule has 2 atom stereocenters. The molecule has 2 fully saturated rings. The molecular weight excluding hydrogens is 818 g/mol. The molecule has 8 amide bonds. The smallest absolute Gasteiger partial charge is 1.00 e. The second-order valence-electron chi connectivity index (χ2n) is 10.3. The number of carbonyl (C=O) groups is 9. The Kier molecular flexibility index (Phi) is 20.8. The molecule has 0 bridgehead atoms. The monoisotopic (exact) mass is 844 g/mol. The van der Waals surface area contributed by atoms with Crippen molar-refractivity contribution in [3.05, 3.63) is 58.7 Å². The predicted octanol–water partition coefficient (Wildman–Crippen LogP) is -6.54. The molecule has 20 heteroatoms. The van der Waals surface area contributed by atoms with Crippen LogP contribution < -0.4 is 123 Å². The Balaban J connectivity index is 0.000000834. The van der Waals surface area contributed by atoms with Crippen molar-refractivity contribution in [1.29, 1.82) is 0 Å². The van der Waals surface area contributed by atoms with Crippen LogP contribution >= 0.6 is 15.9 Å². The molecule has 2 aromatic carbocycles. The number of hydrogen-bond donors (Lipinski definition) is 3. The van der Waals surface area contributed by atoms with E-state index in [9.17, 15) is 43.5 Å². The molecular formula is C33H27BrK2N4O13. The fraction of sp³-hybridized carbons (Fsp3) is 0.242. The second kappa shape index (κ2) is 23.0. The third-order valence-electron chi connectivity index (χ3n) is 7.30. The summed E-state index contributed by atoms with van der Waals surface area (Å²) in [5, 5.41) is 23.0. The van der Waals surface area contributed by atoms with E-state index in [0.29, 0.717) is 5.33 Å². The van der Waals surface area contributed by atoms with E-state index in [4.69, 9.17) is 27.6 Å². The van der Waals surface area contributed by atoms with Crippen molar-refractivity contribution in [2.24, 2.45) is 0 Å². The number of halogens is 1. The Hall–Kier alpha value is -3.10. The number of imide groups is 4. The average molecular weight is 846 g/mol. The summed E-state index contributed by atoms with van der Waals surface area (Å²) in [5.41, 5.74) is 0.230. The fourth-order valence-electron chi connectivity index (χ4n) is 5.22. The Morgan fingerprint density at radius 3 is 1.64 bits per heavy atom. The molecule has 4 aliphatic heterocycles. The number of carbonyl (C=O) groups excluding carboxylic acids is 9. The van der Waals surface area contributed by atoms with Crippen LogP contribution in [-0.2, 0) is 28.9 Å². The van der Waals surface area contributed by atoms with Gasteiger partial charge in [-0.3, -0.25) is 63.6 Å². The number of fused-ring (bicyclic) bond motifs is 2. The summed E-state index contributed by atoms with van der Waals surface area (Å²) in [7, 11) is 0. The van der Waals surface area contributed by atoms with Crippen molar-refractivity contribution in [2.75, 3.05) is 11.9 Å². The number of phenolic OH excluding ortho intramolecular Hbond substituents is 1. The number of hydrogen-bond acceptors (Lipinski definition) is 13. The molecule has 2 saturated heterocycles. The fourth-order valence-corrected chi connectivity index (χ4v) is 5.22. The van der Waals surface area contributed by atoms with Gasteiger partial charge < -0.3 is 21.4 Å². The third-order valence-corrected chi connectivity index (χ3v) is 7.63. The zero-order valence-electron chi connectivity index (χ0n) is 29.2. The van der Waals surface area contributed by atoms with Crippen LogP contribution in [0.15, 0.2) is 36.4 Å². The Morgan fingerprint density at radius 1 is 0.811 bits per heavy atom. The van der Waals surface area contributed by atoms with Gasteiger partial charge in [-0.15, -0.1) is 12.8 Å². The number of nitrogens with zero attached hydrogens (tertiary/aromatic N) is 2. The van der Waals surface area contributed by atoms with Crippen LogP contribution in [0.2, 0.25) is 0 Å². The number of rotatable bonds is 5. The number of ether oxygens (including phenoxy) is 1. The zero-order valence-corrected chi connectivity index (χ0v) is 36.0. The molecule has 0 radical (unpaired) electrons. The number of terminal acetylenes is 2. The number of aromatic hydroxyl groups is 1. The van der Waals surface area contributed by atoms with Crippen LogP contribution in [0.4, 0.5) is 0 Å². The van der Waals surface area contributed by atoms with E-state index < -0.39 is 59.3 Å². The maximum atomic E-state index is 12.6. The standard InChI is InChI=1S/C16H12N2O5.C13H10N2O5.C3H3Br.CH2O3.2K.H/c1-2-8-23-11-5-3-4-9-13(11)16(22)18(15(9)21)10-6-7-12(19)17-14(10)20;16-8-3-1-2-6-10(8)13(20)15(12(6)19)7-4-5-9(17)14-11(7)18;1-2-3-4;2-1-4-3;;;/h1,3-5,10H,6-8H2,(H,17,19,20);1-3,7,16H,4-5H2,(H,14,17,18);1H,3H2;1,3H;;;/q;;;;2*+1;-1/p-1. The first kappa shape index (κ1) is 47.9. The van der Waals surface area contributed by atoms with Gasteiger partial charge in [0.15, 0.2) is 0 Å². The van der Waals surface area contributed by atoms with Crippen LogP contribution in [0.3, 0.4) is 0 Å². The quantitative estimate of drug-likeness (QED) is 0.0483. The van der Waals surface area contributed by atoms with Gasteiger partial charge in [0.25, 0.3) is 30.1 Å². The molecule has 6 rings (SSSR count). The maximum absolute atomic E-state index is 12.6. The number of nitrogens with one attached hydrogen (secondary N) is 2. The van der Waals surface area contributed by atoms with Crippen molar-refractivity contribution in [3.63, 3.8) is 0 Å². The number of piperidine rings is 2. The van der Waals surface area contributed by atoms with Crippen LogP contribution in [0.5, 0.6) is 11.5 Å². The molecule has 4 aliphatic rings. The number of phenols is 1. The molecule has 0 spiro atoms. The van der Waals surface area contributed by atoms with Gasteiger partial charge in [-0.2, -0.15) is 0 Å². The van der Waals surface area contributed by atoms with Crippen LogP contribution in [0, 0.1) is 24.7 Å². The van der Waals surface area contributed by atoms with E-state index in [-0.39, 0.29) is 177 Å². The van der Waals surface area contributed by atoms with Crippen molar-refractivity contribution in [2.45, 2.75) is 37.8 Å². The normalized spacial score (nSPS) is 17.8. The summed E-state index contributed by atoms with van der Waals surface area (Å²) >= 11 is 3.01. The summed E-state index contributed by atoms with van der Waals surface area (Å²) < 4.78 is 5.31. The summed E-state index contributed by atoms with van der Waals surface area (Å²) in [5.74, 6) is -0.159. The first-order valence-electron chi connectivity index (χ1n) is 14.5. The van der Waals surface area contributed by atoms with Crippen LogP contribution in [0.1, 0.15) is 68.5 Å². The van der Waals surface area contributed by atoms with E-state index in [1.54, 1.807) is 6.07 Å². The van der Waals surface area contributed by atoms with E-state index >= 15 is 0 Å². The van der Waals surface area contributed by atoms with Gasteiger partial charge in [0, 0.05) is 12.8 Å². The topological polar surface area (TPSA) is 246 Å². The van der Waals surface area contributed by atoms with Gasteiger partial charge in [-0.1, -0.05) is 39.9 Å². The van der Waals surface area contributed by atoms with Crippen molar-refractivity contribution < 1.29 is 167 Å². The minimum atomic E-state index is -1.01. The SMILES string of the molecule is C#CCBr.C#CCOc1cccc2c1C(=O)N(C1CCC(=O)NC1=O)C2=O.O=C1CCC(N2C(=O)c3cccc(O)c3C2=O)C(=O)N1.O=CO[O-].[H-].[K+].[K+]. The van der Waals surface area contributed by atoms with Gasteiger partial charge >= 0.3 is 103 Å². The Morgan fingerprint density at radius 2 is 1.25 bits per heavy atom. The first-order chi connectivity index (χ1) is 24.4.